The number of hydrogen-bond donors (Lipinski definition) is 3. The van der Waals surface area contributed by atoms with E-state index in [2.05, 4.69) is 15.8 Å². The lowest BCUT2D eigenvalue weighted by Crippen LogP contribution is -2.51. The molecule has 1 atom stereocenters. The van der Waals surface area contributed by atoms with Gasteiger partial charge >= 0.3 is 11.9 Å². The maximum Gasteiger partial charge on any atom is 0.351 e. The van der Waals surface area contributed by atoms with Crippen molar-refractivity contribution >= 4 is 35.0 Å². The third kappa shape index (κ3) is 5.44. The number of para-hydroxylation sites is 1. The van der Waals surface area contributed by atoms with Crippen molar-refractivity contribution in [2.24, 2.45) is 16.8 Å². The second-order valence-corrected chi connectivity index (χ2v) is 6.47. The molecule has 1 saturated heterocycles. The van der Waals surface area contributed by atoms with Crippen LogP contribution in [0.15, 0.2) is 58.0 Å². The SMILES string of the molecule is CCOC(=O)/C(C#N)=C1/NC(=O)C(/C(N)=C(/C#N)C(=O)OCC)C(=O)/C1=N/Nc1ccccc1. The van der Waals surface area contributed by atoms with Crippen molar-refractivity contribution in [3.63, 3.8) is 0 Å². The number of carbonyl (C=O) groups is 4. The van der Waals surface area contributed by atoms with Crippen LogP contribution in [0.1, 0.15) is 13.8 Å². The van der Waals surface area contributed by atoms with Gasteiger partial charge in [-0.2, -0.15) is 15.6 Å². The molecule has 0 aliphatic carbocycles. The molecular weight excluding hydrogens is 444 g/mol. The summed E-state index contributed by atoms with van der Waals surface area (Å²) < 4.78 is 9.57. The van der Waals surface area contributed by atoms with Crippen molar-refractivity contribution in [2.45, 2.75) is 13.8 Å². The molecule has 34 heavy (non-hydrogen) atoms. The summed E-state index contributed by atoms with van der Waals surface area (Å²) in [6.45, 7) is 2.86. The van der Waals surface area contributed by atoms with E-state index in [1.54, 1.807) is 36.4 Å². The van der Waals surface area contributed by atoms with Crippen LogP contribution in [0.5, 0.6) is 0 Å². The van der Waals surface area contributed by atoms with E-state index >= 15 is 0 Å². The van der Waals surface area contributed by atoms with E-state index in [1.807, 2.05) is 0 Å². The zero-order chi connectivity index (χ0) is 25.3. The second kappa shape index (κ2) is 11.6. The Labute approximate surface area is 194 Å². The number of ether oxygens (including phenoxy) is 2. The highest BCUT2D eigenvalue weighted by molar-refractivity contribution is 6.53. The first-order valence-electron chi connectivity index (χ1n) is 9.93. The summed E-state index contributed by atoms with van der Waals surface area (Å²) >= 11 is 0. The molecule has 0 saturated carbocycles. The number of Topliss-reactive ketones (excluding diaryl/α,β-unsaturated/α-hetero) is 1. The van der Waals surface area contributed by atoms with Gasteiger partial charge in [-0.3, -0.25) is 15.0 Å². The Morgan fingerprint density at radius 2 is 1.71 bits per heavy atom. The average molecular weight is 464 g/mol. The maximum absolute atomic E-state index is 13.3. The number of hydrazone groups is 1. The summed E-state index contributed by atoms with van der Waals surface area (Å²) in [6.07, 6.45) is 0. The molecule has 1 aromatic rings. The van der Waals surface area contributed by atoms with Gasteiger partial charge in [0.25, 0.3) is 0 Å². The van der Waals surface area contributed by atoms with Crippen LogP contribution in [0.25, 0.3) is 0 Å². The Morgan fingerprint density at radius 1 is 1.09 bits per heavy atom. The first kappa shape index (κ1) is 25.3. The predicted molar refractivity (Wildman–Crippen MR) is 117 cm³/mol. The molecule has 1 amide bonds. The fourth-order valence-electron chi connectivity index (χ4n) is 2.82. The summed E-state index contributed by atoms with van der Waals surface area (Å²) in [6, 6.07) is 11.5. The van der Waals surface area contributed by atoms with Crippen molar-refractivity contribution < 1.29 is 28.7 Å². The number of nitrogens with zero attached hydrogens (tertiary/aromatic N) is 3. The number of allylic oxidation sites excluding steroid dienone is 1. The molecule has 0 bridgehead atoms. The highest BCUT2D eigenvalue weighted by Gasteiger charge is 2.43. The van der Waals surface area contributed by atoms with Gasteiger partial charge in [0.2, 0.25) is 11.7 Å². The lowest BCUT2D eigenvalue weighted by Gasteiger charge is -2.25. The molecule has 1 aromatic carbocycles. The lowest BCUT2D eigenvalue weighted by molar-refractivity contribution is -0.139. The van der Waals surface area contributed by atoms with Gasteiger partial charge < -0.3 is 20.5 Å². The molecule has 0 aromatic heterocycles. The molecule has 12 heteroatoms. The minimum Gasteiger partial charge on any atom is -0.462 e. The summed E-state index contributed by atoms with van der Waals surface area (Å²) in [4.78, 5) is 50.4. The molecule has 1 aliphatic rings. The van der Waals surface area contributed by atoms with Gasteiger partial charge in [0, 0.05) is 0 Å². The van der Waals surface area contributed by atoms with Gasteiger partial charge in [0.1, 0.15) is 18.1 Å². The zero-order valence-corrected chi connectivity index (χ0v) is 18.2. The third-order valence-corrected chi connectivity index (χ3v) is 4.35. The Morgan fingerprint density at radius 3 is 2.26 bits per heavy atom. The van der Waals surface area contributed by atoms with Gasteiger partial charge in [-0.25, -0.2) is 9.59 Å². The topological polar surface area (TPSA) is 197 Å². The summed E-state index contributed by atoms with van der Waals surface area (Å²) in [5, 5.41) is 25.1. The highest BCUT2D eigenvalue weighted by atomic mass is 16.5. The average Bonchev–Trinajstić information content (AvgIpc) is 2.80. The molecule has 0 radical (unpaired) electrons. The molecule has 1 unspecified atom stereocenters. The van der Waals surface area contributed by atoms with Crippen LogP contribution in [0.2, 0.25) is 0 Å². The third-order valence-electron chi connectivity index (χ3n) is 4.35. The second-order valence-electron chi connectivity index (χ2n) is 6.47. The number of hydrogen-bond acceptors (Lipinski definition) is 11. The molecule has 1 heterocycles. The van der Waals surface area contributed by atoms with E-state index in [0.717, 1.165) is 0 Å². The molecule has 12 nitrogen and oxygen atoms in total. The van der Waals surface area contributed by atoms with Crippen LogP contribution in [-0.2, 0) is 28.7 Å². The Bertz CT molecular complexity index is 1190. The number of nitrogens with two attached hydrogens (primary N) is 1. The molecule has 2 rings (SSSR count). The number of ketones is 1. The minimum atomic E-state index is -1.85. The molecule has 0 spiro atoms. The van der Waals surface area contributed by atoms with Gasteiger partial charge in [-0.15, -0.1) is 0 Å². The number of amides is 1. The standard InChI is InChI=1S/C22H20N6O6/c1-3-33-21(31)13(10-23)16(25)15-19(29)18(28-27-12-8-6-5-7-9-12)17(26-20(15)30)14(11-24)22(32)34-4-2/h5-9,15,27H,3-4,25H2,1-2H3,(H,26,30)/b16-13+,17-14+,28-18+. The van der Waals surface area contributed by atoms with Crippen molar-refractivity contribution in [2.75, 3.05) is 18.6 Å². The van der Waals surface area contributed by atoms with Gasteiger partial charge in [-0.05, 0) is 26.0 Å². The van der Waals surface area contributed by atoms with E-state index in [-0.39, 0.29) is 13.2 Å². The number of anilines is 1. The van der Waals surface area contributed by atoms with E-state index in [4.69, 9.17) is 15.2 Å². The Balaban J connectivity index is 2.67. The van der Waals surface area contributed by atoms with Crippen LogP contribution in [0.4, 0.5) is 5.69 Å². The molecule has 174 valence electrons. The molecule has 4 N–H and O–H groups in total. The summed E-state index contributed by atoms with van der Waals surface area (Å²) in [5.41, 5.74) is 5.79. The zero-order valence-electron chi connectivity index (χ0n) is 18.2. The van der Waals surface area contributed by atoms with Crippen molar-refractivity contribution in [3.05, 3.63) is 52.9 Å². The van der Waals surface area contributed by atoms with E-state index in [0.29, 0.717) is 5.69 Å². The maximum atomic E-state index is 13.3. The molecule has 1 aliphatic heterocycles. The lowest BCUT2D eigenvalue weighted by atomic mass is 9.87. The van der Waals surface area contributed by atoms with Crippen LogP contribution in [0, 0.1) is 28.6 Å². The molecular formula is C22H20N6O6. The largest absolute Gasteiger partial charge is 0.462 e. The van der Waals surface area contributed by atoms with Crippen LogP contribution in [0.3, 0.4) is 0 Å². The van der Waals surface area contributed by atoms with Gasteiger partial charge in [0.05, 0.1) is 30.3 Å². The summed E-state index contributed by atoms with van der Waals surface area (Å²) in [7, 11) is 0. The predicted octanol–water partition coefficient (Wildman–Crippen LogP) is 0.410. The van der Waals surface area contributed by atoms with Gasteiger partial charge in [0.15, 0.2) is 16.9 Å². The monoisotopic (exact) mass is 464 g/mol. The highest BCUT2D eigenvalue weighted by Crippen LogP contribution is 2.23. The van der Waals surface area contributed by atoms with Crippen LogP contribution < -0.4 is 16.5 Å². The number of carbonyl (C=O) groups excluding carboxylic acids is 4. The normalized spacial score (nSPS) is 18.6. The number of esters is 2. The van der Waals surface area contributed by atoms with Gasteiger partial charge in [-0.1, -0.05) is 18.2 Å². The number of rotatable bonds is 7. The number of benzene rings is 1. The van der Waals surface area contributed by atoms with Crippen LogP contribution in [-0.4, -0.2) is 42.6 Å². The van der Waals surface area contributed by atoms with Crippen LogP contribution >= 0.6 is 0 Å². The fourth-order valence-corrected chi connectivity index (χ4v) is 2.82. The minimum absolute atomic E-state index is 0.0721. The number of nitrogens with one attached hydrogen (secondary N) is 2. The smallest absolute Gasteiger partial charge is 0.351 e. The van der Waals surface area contributed by atoms with Crippen molar-refractivity contribution in [1.82, 2.24) is 5.32 Å². The fraction of sp³-hybridized carbons (Fsp3) is 0.227. The van der Waals surface area contributed by atoms with E-state index in [9.17, 15) is 29.7 Å². The first-order chi connectivity index (χ1) is 16.3. The van der Waals surface area contributed by atoms with E-state index < -0.39 is 57.8 Å². The number of piperidine rings is 1. The Kier molecular flexibility index (Phi) is 8.62. The molecule has 1 fully saturated rings. The van der Waals surface area contributed by atoms with Crippen molar-refractivity contribution in [1.29, 1.82) is 10.5 Å². The van der Waals surface area contributed by atoms with Crippen molar-refractivity contribution in [3.8, 4) is 12.1 Å². The first-order valence-corrected chi connectivity index (χ1v) is 9.93. The summed E-state index contributed by atoms with van der Waals surface area (Å²) in [5.74, 6) is -6.19. The Hall–Kier alpha value is -4.97. The van der Waals surface area contributed by atoms with E-state index in [1.165, 1.54) is 19.9 Å². The number of nitriles is 2. The quantitative estimate of drug-likeness (QED) is 0.167.